The molecular formula is C10H16ClNO2S. The van der Waals surface area contributed by atoms with Crippen molar-refractivity contribution < 1.29 is 9.90 Å². The molecule has 1 unspecified atom stereocenters. The third kappa shape index (κ3) is 4.45. The maximum atomic E-state index is 10.7. The molecule has 0 aromatic rings. The monoisotopic (exact) mass is 249 g/mol. The topological polar surface area (TPSA) is 40.5 Å². The van der Waals surface area contributed by atoms with Gasteiger partial charge in [0.2, 0.25) is 0 Å². The molecule has 1 fully saturated rings. The number of hydrogen-bond acceptors (Lipinski definition) is 3. The number of aliphatic carboxylic acids is 1. The van der Waals surface area contributed by atoms with Crippen molar-refractivity contribution in [2.45, 2.75) is 19.4 Å². The highest BCUT2D eigenvalue weighted by Gasteiger charge is 2.24. The molecule has 0 amide bonds. The van der Waals surface area contributed by atoms with Gasteiger partial charge in [-0.05, 0) is 12.5 Å². The smallest absolute Gasteiger partial charge is 0.304 e. The predicted molar refractivity (Wildman–Crippen MR) is 64.5 cm³/mol. The molecule has 0 aliphatic carbocycles. The van der Waals surface area contributed by atoms with Crippen molar-refractivity contribution >= 4 is 29.3 Å². The van der Waals surface area contributed by atoms with Gasteiger partial charge in [0.25, 0.3) is 0 Å². The van der Waals surface area contributed by atoms with Crippen LogP contribution in [0.25, 0.3) is 0 Å². The summed E-state index contributed by atoms with van der Waals surface area (Å²) in [5.74, 6) is 1.26. The van der Waals surface area contributed by atoms with Crippen LogP contribution in [-0.2, 0) is 4.79 Å². The number of halogens is 1. The van der Waals surface area contributed by atoms with Gasteiger partial charge in [0, 0.05) is 36.2 Å². The highest BCUT2D eigenvalue weighted by molar-refractivity contribution is 7.99. The van der Waals surface area contributed by atoms with E-state index in [1.54, 1.807) is 5.54 Å². The Balaban J connectivity index is 2.53. The summed E-state index contributed by atoms with van der Waals surface area (Å²) in [6.07, 6.45) is 0.225. The average molecular weight is 250 g/mol. The van der Waals surface area contributed by atoms with E-state index in [-0.39, 0.29) is 12.5 Å². The van der Waals surface area contributed by atoms with Crippen molar-refractivity contribution in [3.8, 4) is 0 Å². The van der Waals surface area contributed by atoms with Crippen LogP contribution in [-0.4, -0.2) is 46.6 Å². The van der Waals surface area contributed by atoms with Gasteiger partial charge >= 0.3 is 5.97 Å². The minimum absolute atomic E-state index is 0.146. The van der Waals surface area contributed by atoms with E-state index in [1.165, 1.54) is 0 Å². The fraction of sp³-hybridized carbons (Fsp3) is 0.700. The second-order valence-corrected chi connectivity index (χ2v) is 5.12. The second-order valence-electron chi connectivity index (χ2n) is 3.75. The summed E-state index contributed by atoms with van der Waals surface area (Å²) in [4.78, 5) is 12.9. The lowest BCUT2D eigenvalue weighted by Gasteiger charge is -2.34. The first kappa shape index (κ1) is 12.9. The highest BCUT2D eigenvalue weighted by Crippen LogP contribution is 2.20. The Morgan fingerprint density at radius 1 is 1.73 bits per heavy atom. The van der Waals surface area contributed by atoms with Crippen LogP contribution in [0.5, 0.6) is 0 Å². The minimum Gasteiger partial charge on any atom is -0.481 e. The number of carboxylic acid groups (broad SMARTS) is 1. The lowest BCUT2D eigenvalue weighted by Crippen LogP contribution is -2.44. The lowest BCUT2D eigenvalue weighted by atomic mass is 10.1. The summed E-state index contributed by atoms with van der Waals surface area (Å²) in [5.41, 5.74) is 2.65. The van der Waals surface area contributed by atoms with Gasteiger partial charge in [-0.2, -0.15) is 11.8 Å². The number of hydrogen-bond donors (Lipinski definition) is 1. The minimum atomic E-state index is -0.722. The van der Waals surface area contributed by atoms with E-state index in [4.69, 9.17) is 16.7 Å². The Bertz CT molecular complexity index is 258. The highest BCUT2D eigenvalue weighted by atomic mass is 35.5. The molecule has 0 aromatic carbocycles. The molecule has 5 heteroatoms. The standard InChI is InChI=1S/C10H16ClNO2S/c1-8(5-11)6-12-2-3-15-7-9(12)4-10(13)14/h5,9H,2-4,6-7H2,1H3,(H,13,14). The molecule has 0 spiro atoms. The zero-order chi connectivity index (χ0) is 11.3. The van der Waals surface area contributed by atoms with Crippen LogP contribution in [0, 0.1) is 0 Å². The summed E-state index contributed by atoms with van der Waals surface area (Å²) in [7, 11) is 0. The van der Waals surface area contributed by atoms with Crippen LogP contribution in [0.1, 0.15) is 13.3 Å². The molecule has 86 valence electrons. The van der Waals surface area contributed by atoms with E-state index in [1.807, 2.05) is 18.7 Å². The Morgan fingerprint density at radius 2 is 2.47 bits per heavy atom. The predicted octanol–water partition coefficient (Wildman–Crippen LogP) is 2.02. The summed E-state index contributed by atoms with van der Waals surface area (Å²) < 4.78 is 0. The molecule has 0 aromatic heterocycles. The summed E-state index contributed by atoms with van der Waals surface area (Å²) >= 11 is 7.44. The van der Waals surface area contributed by atoms with E-state index in [0.717, 1.165) is 30.2 Å². The van der Waals surface area contributed by atoms with Gasteiger partial charge in [-0.3, -0.25) is 9.69 Å². The first-order chi connectivity index (χ1) is 7.13. The Labute approximate surface area is 99.5 Å². The zero-order valence-electron chi connectivity index (χ0n) is 8.78. The molecule has 3 nitrogen and oxygen atoms in total. The number of carboxylic acids is 1. The molecule has 0 bridgehead atoms. The van der Waals surface area contributed by atoms with Gasteiger partial charge in [0.05, 0.1) is 6.42 Å². The molecule has 15 heavy (non-hydrogen) atoms. The van der Waals surface area contributed by atoms with Crippen LogP contribution in [0.2, 0.25) is 0 Å². The van der Waals surface area contributed by atoms with Crippen molar-refractivity contribution in [2.75, 3.05) is 24.6 Å². The number of rotatable bonds is 4. The second kappa shape index (κ2) is 6.40. The lowest BCUT2D eigenvalue weighted by molar-refractivity contribution is -0.138. The molecular weight excluding hydrogens is 234 g/mol. The Kier molecular flexibility index (Phi) is 5.50. The third-order valence-corrected chi connectivity index (χ3v) is 3.86. The van der Waals surface area contributed by atoms with Gasteiger partial charge < -0.3 is 5.11 Å². The van der Waals surface area contributed by atoms with E-state index in [0.29, 0.717) is 0 Å². The Morgan fingerprint density at radius 3 is 3.07 bits per heavy atom. The van der Waals surface area contributed by atoms with E-state index in [9.17, 15) is 4.79 Å². The van der Waals surface area contributed by atoms with E-state index >= 15 is 0 Å². The van der Waals surface area contributed by atoms with Gasteiger partial charge in [0.1, 0.15) is 0 Å². The van der Waals surface area contributed by atoms with Crippen LogP contribution < -0.4 is 0 Å². The van der Waals surface area contributed by atoms with Crippen molar-refractivity contribution in [2.24, 2.45) is 0 Å². The molecule has 1 aliphatic rings. The molecule has 1 atom stereocenters. The largest absolute Gasteiger partial charge is 0.481 e. The maximum Gasteiger partial charge on any atom is 0.304 e. The normalized spacial score (nSPS) is 24.1. The SMILES string of the molecule is CC(=CCl)CN1CCSCC1CC(=O)O. The summed E-state index contributed by atoms with van der Waals surface area (Å²) in [6, 6.07) is 0.146. The molecule has 1 saturated heterocycles. The number of carbonyl (C=O) groups is 1. The zero-order valence-corrected chi connectivity index (χ0v) is 10.4. The van der Waals surface area contributed by atoms with Crippen LogP contribution >= 0.6 is 23.4 Å². The molecule has 0 radical (unpaired) electrons. The Hall–Kier alpha value is -0.190. The van der Waals surface area contributed by atoms with Gasteiger partial charge in [-0.15, -0.1) is 0 Å². The van der Waals surface area contributed by atoms with Gasteiger partial charge in [-0.1, -0.05) is 11.6 Å². The molecule has 1 aliphatic heterocycles. The molecule has 1 rings (SSSR count). The van der Waals surface area contributed by atoms with Gasteiger partial charge in [-0.25, -0.2) is 0 Å². The summed E-state index contributed by atoms with van der Waals surface area (Å²) in [6.45, 7) is 3.69. The van der Waals surface area contributed by atoms with Crippen molar-refractivity contribution in [1.82, 2.24) is 4.90 Å². The average Bonchev–Trinajstić information content (AvgIpc) is 2.20. The maximum absolute atomic E-state index is 10.7. The van der Waals surface area contributed by atoms with Crippen LogP contribution in [0.3, 0.4) is 0 Å². The quantitative estimate of drug-likeness (QED) is 0.828. The van der Waals surface area contributed by atoms with Crippen molar-refractivity contribution in [3.63, 3.8) is 0 Å². The van der Waals surface area contributed by atoms with Crippen LogP contribution in [0.4, 0.5) is 0 Å². The van der Waals surface area contributed by atoms with Gasteiger partial charge in [0.15, 0.2) is 0 Å². The first-order valence-electron chi connectivity index (χ1n) is 4.93. The van der Waals surface area contributed by atoms with E-state index in [2.05, 4.69) is 4.90 Å². The summed E-state index contributed by atoms with van der Waals surface area (Å²) in [5, 5.41) is 8.80. The molecule has 1 N–H and O–H groups in total. The fourth-order valence-corrected chi connectivity index (χ4v) is 2.84. The van der Waals surface area contributed by atoms with E-state index < -0.39 is 5.97 Å². The number of thioether (sulfide) groups is 1. The number of nitrogens with zero attached hydrogens (tertiary/aromatic N) is 1. The molecule has 1 heterocycles. The third-order valence-electron chi connectivity index (χ3n) is 2.40. The fourth-order valence-electron chi connectivity index (χ4n) is 1.64. The van der Waals surface area contributed by atoms with Crippen molar-refractivity contribution in [3.05, 3.63) is 11.1 Å². The first-order valence-corrected chi connectivity index (χ1v) is 6.52. The molecule has 0 saturated carbocycles. The van der Waals surface area contributed by atoms with Crippen molar-refractivity contribution in [1.29, 1.82) is 0 Å². The van der Waals surface area contributed by atoms with Crippen LogP contribution in [0.15, 0.2) is 11.1 Å².